The van der Waals surface area contributed by atoms with Crippen LogP contribution >= 0.6 is 0 Å². The lowest BCUT2D eigenvalue weighted by Gasteiger charge is -2.14. The third kappa shape index (κ3) is 5.05. The van der Waals surface area contributed by atoms with Crippen molar-refractivity contribution in [3.05, 3.63) is 59.4 Å². The maximum Gasteiger partial charge on any atom is 0.417 e. The molecule has 6 nitrogen and oxygen atoms in total. The van der Waals surface area contributed by atoms with Gasteiger partial charge >= 0.3 is 6.18 Å². The lowest BCUT2D eigenvalue weighted by Crippen LogP contribution is -2.34. The first-order valence-corrected chi connectivity index (χ1v) is 9.18. The first kappa shape index (κ1) is 21.3. The van der Waals surface area contributed by atoms with E-state index in [-0.39, 0.29) is 10.6 Å². The molecule has 0 bridgehead atoms. The van der Waals surface area contributed by atoms with Crippen LogP contribution in [-0.2, 0) is 20.8 Å². The summed E-state index contributed by atoms with van der Waals surface area (Å²) < 4.78 is 75.9. The Morgan fingerprint density at radius 2 is 1.79 bits per heavy atom. The molecule has 0 aromatic heterocycles. The summed E-state index contributed by atoms with van der Waals surface area (Å²) in [4.78, 5) is 11.6. The number of nitrogens with one attached hydrogen (secondary N) is 1. The Kier molecular flexibility index (Phi) is 6.06. The van der Waals surface area contributed by atoms with Crippen molar-refractivity contribution < 1.29 is 35.9 Å². The average Bonchev–Trinajstić information content (AvgIpc) is 2.60. The molecule has 1 amide bonds. The van der Waals surface area contributed by atoms with Gasteiger partial charge in [0.2, 0.25) is 0 Å². The summed E-state index contributed by atoms with van der Waals surface area (Å²) >= 11 is 0. The quantitative estimate of drug-likeness (QED) is 0.575. The van der Waals surface area contributed by atoms with Crippen molar-refractivity contribution >= 4 is 21.4 Å². The number of anilines is 1. The molecular weight excluding hydrogens is 404 g/mol. The molecule has 2 aromatic carbocycles. The Morgan fingerprint density at radius 3 is 2.32 bits per heavy atom. The minimum Gasteiger partial charge on any atom is -0.382 e. The van der Waals surface area contributed by atoms with Gasteiger partial charge in [-0.25, -0.2) is 12.8 Å². The maximum absolute atomic E-state index is 12.9. The number of nitrogens with zero attached hydrogens (tertiary/aromatic N) is 1. The van der Waals surface area contributed by atoms with Gasteiger partial charge in [-0.3, -0.25) is 4.79 Å². The van der Waals surface area contributed by atoms with Gasteiger partial charge < -0.3 is 10.4 Å². The number of alkyl halides is 3. The molecule has 0 saturated carbocycles. The van der Waals surface area contributed by atoms with Gasteiger partial charge in [0.25, 0.3) is 5.91 Å². The van der Waals surface area contributed by atoms with E-state index in [0.29, 0.717) is 6.07 Å². The minimum absolute atomic E-state index is 0.335. The van der Waals surface area contributed by atoms with Crippen LogP contribution in [0.15, 0.2) is 47.4 Å². The van der Waals surface area contributed by atoms with Crippen LogP contribution in [0.4, 0.5) is 23.2 Å². The number of halogens is 4. The second-order valence-electron chi connectivity index (χ2n) is 5.61. The Labute approximate surface area is 156 Å². The zero-order valence-corrected chi connectivity index (χ0v) is 14.7. The Balaban J connectivity index is 2.16. The van der Waals surface area contributed by atoms with Gasteiger partial charge in [-0.2, -0.15) is 18.4 Å². The highest BCUT2D eigenvalue weighted by Crippen LogP contribution is 2.33. The van der Waals surface area contributed by atoms with Gasteiger partial charge in [0.1, 0.15) is 11.9 Å². The van der Waals surface area contributed by atoms with E-state index in [2.05, 4.69) is 0 Å². The monoisotopic (exact) mass is 416 g/mol. The number of aliphatic hydroxyl groups is 1. The van der Waals surface area contributed by atoms with Gasteiger partial charge in [0.05, 0.1) is 27.8 Å². The van der Waals surface area contributed by atoms with Gasteiger partial charge in [-0.05, 0) is 42.5 Å². The van der Waals surface area contributed by atoms with Crippen LogP contribution in [0.5, 0.6) is 0 Å². The molecule has 2 aromatic rings. The number of benzene rings is 2. The van der Waals surface area contributed by atoms with Crippen LogP contribution in [-0.4, -0.2) is 31.3 Å². The zero-order valence-electron chi connectivity index (χ0n) is 13.9. The first-order valence-electron chi connectivity index (χ1n) is 7.52. The molecule has 0 saturated heterocycles. The molecule has 0 aliphatic carbocycles. The zero-order chi connectivity index (χ0) is 21.1. The molecule has 0 heterocycles. The van der Waals surface area contributed by atoms with Crippen LogP contribution in [0, 0.1) is 17.1 Å². The lowest BCUT2D eigenvalue weighted by molar-refractivity contribution is -0.137. The van der Waals surface area contributed by atoms with E-state index in [0.717, 1.165) is 36.4 Å². The molecule has 0 unspecified atom stereocenters. The summed E-state index contributed by atoms with van der Waals surface area (Å²) in [5, 5.41) is 20.5. The van der Waals surface area contributed by atoms with Crippen LogP contribution < -0.4 is 5.32 Å². The lowest BCUT2D eigenvalue weighted by atomic mass is 10.1. The highest BCUT2D eigenvalue weighted by Gasteiger charge is 2.34. The molecule has 0 aliphatic rings. The van der Waals surface area contributed by atoms with E-state index in [9.17, 15) is 35.9 Å². The van der Waals surface area contributed by atoms with Crippen LogP contribution in [0.25, 0.3) is 0 Å². The molecule has 0 fully saturated rings. The number of amides is 1. The molecule has 0 radical (unpaired) electrons. The summed E-state index contributed by atoms with van der Waals surface area (Å²) in [5.41, 5.74) is -2.33. The smallest absolute Gasteiger partial charge is 0.382 e. The fourth-order valence-corrected chi connectivity index (χ4v) is 3.51. The topological polar surface area (TPSA) is 107 Å². The number of aliphatic hydroxyl groups excluding tert-OH is 1. The standard InChI is InChI=1S/C17H12F4N2O4S/c18-11-2-5-13(6-3-11)28(26,27)9-15(24)16(25)23-12-4-1-10(8-22)14(7-12)17(19,20)21/h1-7,15,24H,9H2,(H,23,25)/t15-/m1/s1. The summed E-state index contributed by atoms with van der Waals surface area (Å²) in [6.07, 6.45) is -6.95. The molecule has 2 rings (SSSR count). The summed E-state index contributed by atoms with van der Waals surface area (Å²) in [5.74, 6) is -3.01. The van der Waals surface area contributed by atoms with E-state index >= 15 is 0 Å². The fourth-order valence-electron chi connectivity index (χ4n) is 2.20. The van der Waals surface area contributed by atoms with E-state index < -0.39 is 50.7 Å². The number of hydrogen-bond donors (Lipinski definition) is 2. The van der Waals surface area contributed by atoms with Crippen molar-refractivity contribution in [1.29, 1.82) is 5.26 Å². The summed E-state index contributed by atoms with van der Waals surface area (Å²) in [6.45, 7) is 0. The molecule has 0 aliphatic heterocycles. The number of sulfone groups is 1. The van der Waals surface area contributed by atoms with E-state index in [1.54, 1.807) is 0 Å². The van der Waals surface area contributed by atoms with Crippen molar-refractivity contribution in [3.63, 3.8) is 0 Å². The molecule has 28 heavy (non-hydrogen) atoms. The van der Waals surface area contributed by atoms with Gasteiger partial charge in [0, 0.05) is 5.69 Å². The second kappa shape index (κ2) is 7.95. The SMILES string of the molecule is N#Cc1ccc(NC(=O)[C@H](O)CS(=O)(=O)c2ccc(F)cc2)cc1C(F)(F)F. The number of carbonyl (C=O) groups excluding carboxylic acids is 1. The second-order valence-corrected chi connectivity index (χ2v) is 7.64. The maximum atomic E-state index is 12.9. The molecule has 2 N–H and O–H groups in total. The minimum atomic E-state index is -4.85. The number of carbonyl (C=O) groups is 1. The number of hydrogen-bond acceptors (Lipinski definition) is 5. The third-order valence-corrected chi connectivity index (χ3v) is 5.31. The fraction of sp³-hybridized carbons (Fsp3) is 0.176. The van der Waals surface area contributed by atoms with Crippen molar-refractivity contribution in [2.75, 3.05) is 11.1 Å². The van der Waals surface area contributed by atoms with Gasteiger partial charge in [0.15, 0.2) is 9.84 Å². The summed E-state index contributed by atoms with van der Waals surface area (Å²) in [7, 11) is -4.16. The van der Waals surface area contributed by atoms with Gasteiger partial charge in [-0.15, -0.1) is 0 Å². The number of nitriles is 1. The van der Waals surface area contributed by atoms with Crippen LogP contribution in [0.1, 0.15) is 11.1 Å². The Bertz CT molecular complexity index is 1030. The largest absolute Gasteiger partial charge is 0.417 e. The first-order chi connectivity index (χ1) is 12.9. The normalized spacial score (nSPS) is 12.9. The van der Waals surface area contributed by atoms with Crippen molar-refractivity contribution in [2.24, 2.45) is 0 Å². The summed E-state index contributed by atoms with van der Waals surface area (Å²) in [6, 6.07) is 7.38. The van der Waals surface area contributed by atoms with Crippen LogP contribution in [0.3, 0.4) is 0 Å². The predicted octanol–water partition coefficient (Wildman–Crippen LogP) is 2.49. The predicted molar refractivity (Wildman–Crippen MR) is 89.2 cm³/mol. The van der Waals surface area contributed by atoms with Crippen LogP contribution in [0.2, 0.25) is 0 Å². The Hall–Kier alpha value is -2.97. The average molecular weight is 416 g/mol. The third-order valence-electron chi connectivity index (χ3n) is 3.57. The molecule has 148 valence electrons. The molecule has 11 heteroatoms. The van der Waals surface area contributed by atoms with Crippen molar-refractivity contribution in [2.45, 2.75) is 17.2 Å². The van der Waals surface area contributed by atoms with Crippen molar-refractivity contribution in [1.82, 2.24) is 0 Å². The van der Waals surface area contributed by atoms with E-state index in [4.69, 9.17) is 5.26 Å². The van der Waals surface area contributed by atoms with Crippen molar-refractivity contribution in [3.8, 4) is 6.07 Å². The highest BCUT2D eigenvalue weighted by molar-refractivity contribution is 7.91. The van der Waals surface area contributed by atoms with E-state index in [1.807, 2.05) is 5.32 Å². The Morgan fingerprint density at radius 1 is 1.18 bits per heavy atom. The highest BCUT2D eigenvalue weighted by atomic mass is 32.2. The molecular formula is C17H12F4N2O4S. The van der Waals surface area contributed by atoms with Gasteiger partial charge in [-0.1, -0.05) is 0 Å². The molecule has 0 spiro atoms. The molecule has 1 atom stereocenters. The number of rotatable bonds is 5. The van der Waals surface area contributed by atoms with E-state index in [1.165, 1.54) is 6.07 Å².